The van der Waals surface area contributed by atoms with Crippen LogP contribution in [0.25, 0.3) is 11.3 Å². The van der Waals surface area contributed by atoms with Gasteiger partial charge in [-0.1, -0.05) is 13.8 Å². The van der Waals surface area contributed by atoms with Gasteiger partial charge in [0.2, 0.25) is 0 Å². The lowest BCUT2D eigenvalue weighted by molar-refractivity contribution is 0.114. The molecule has 2 aromatic rings. The zero-order chi connectivity index (χ0) is 14.5. The van der Waals surface area contributed by atoms with Gasteiger partial charge in [-0.25, -0.2) is 9.97 Å². The minimum absolute atomic E-state index is 0.320. The highest BCUT2D eigenvalue weighted by Gasteiger charge is 2.42. The van der Waals surface area contributed by atoms with Crippen molar-refractivity contribution in [2.24, 2.45) is 0 Å². The molecule has 0 bridgehead atoms. The Bertz CT molecular complexity index is 651. The summed E-state index contributed by atoms with van der Waals surface area (Å²) in [6.07, 6.45) is 4.85. The maximum Gasteiger partial charge on any atom is 0.136 e. The van der Waals surface area contributed by atoms with E-state index in [1.165, 1.54) is 0 Å². The summed E-state index contributed by atoms with van der Waals surface area (Å²) in [5.41, 5.74) is 3.45. The van der Waals surface area contributed by atoms with Crippen molar-refractivity contribution in [2.45, 2.75) is 32.4 Å². The number of anilines is 1. The summed E-state index contributed by atoms with van der Waals surface area (Å²) in [4.78, 5) is 14.8. The van der Waals surface area contributed by atoms with Gasteiger partial charge in [0.05, 0.1) is 5.69 Å². The van der Waals surface area contributed by atoms with Gasteiger partial charge in [-0.15, -0.1) is 0 Å². The number of likely N-dealkylation sites (N-methyl/N-ethyl adjacent to an activating group) is 1. The lowest BCUT2D eigenvalue weighted by Crippen LogP contribution is -2.38. The predicted octanol–water partition coefficient (Wildman–Crippen LogP) is 1.89. The Morgan fingerprint density at radius 3 is 2.45 bits per heavy atom. The number of aliphatic hydroxyl groups is 1. The Kier molecular flexibility index (Phi) is 2.76. The van der Waals surface area contributed by atoms with Crippen LogP contribution in [0.4, 0.5) is 5.69 Å². The molecule has 1 unspecified atom stereocenters. The molecule has 0 radical (unpaired) electrons. The van der Waals surface area contributed by atoms with E-state index in [9.17, 15) is 5.11 Å². The van der Waals surface area contributed by atoms with Crippen LogP contribution in [-0.4, -0.2) is 33.3 Å². The first-order chi connectivity index (χ1) is 9.41. The van der Waals surface area contributed by atoms with Crippen LogP contribution in [0.15, 0.2) is 24.7 Å². The Morgan fingerprint density at radius 1 is 1.15 bits per heavy atom. The Labute approximate surface area is 118 Å². The van der Waals surface area contributed by atoms with Crippen LogP contribution in [-0.2, 0) is 5.41 Å². The van der Waals surface area contributed by atoms with Crippen molar-refractivity contribution in [2.75, 3.05) is 11.9 Å². The van der Waals surface area contributed by atoms with Crippen LogP contribution >= 0.6 is 0 Å². The van der Waals surface area contributed by atoms with Crippen molar-refractivity contribution in [1.29, 1.82) is 0 Å². The van der Waals surface area contributed by atoms with Gasteiger partial charge in [0.25, 0.3) is 0 Å². The van der Waals surface area contributed by atoms with E-state index in [0.717, 1.165) is 28.3 Å². The smallest absolute Gasteiger partial charge is 0.136 e. The van der Waals surface area contributed by atoms with E-state index in [1.807, 2.05) is 45.0 Å². The number of pyridine rings is 1. The van der Waals surface area contributed by atoms with Gasteiger partial charge in [-0.2, -0.15) is 0 Å². The first kappa shape index (κ1) is 13.0. The molecule has 1 atom stereocenters. The first-order valence-corrected chi connectivity index (χ1v) is 6.61. The number of nitrogens with zero attached hydrogens (tertiary/aromatic N) is 4. The third-order valence-corrected chi connectivity index (χ3v) is 4.05. The summed E-state index contributed by atoms with van der Waals surface area (Å²) in [6, 6.07) is 1.99. The highest BCUT2D eigenvalue weighted by atomic mass is 16.3. The molecule has 1 aliphatic rings. The highest BCUT2D eigenvalue weighted by molar-refractivity contribution is 5.69. The summed E-state index contributed by atoms with van der Waals surface area (Å²) in [6.45, 7) is 5.90. The van der Waals surface area contributed by atoms with E-state index in [-0.39, 0.29) is 5.41 Å². The number of rotatable bonds is 1. The average Bonchev–Trinajstić information content (AvgIpc) is 2.61. The van der Waals surface area contributed by atoms with Gasteiger partial charge < -0.3 is 10.0 Å². The third-order valence-electron chi connectivity index (χ3n) is 4.05. The molecule has 0 aromatic carbocycles. The summed E-state index contributed by atoms with van der Waals surface area (Å²) >= 11 is 0. The standard InChI is InChI=1S/C15H18N4O/c1-9-16-6-10(7-17-9)12-5-13-11(8-18-12)15(2,3)14(20)19(13)4/h5-8,14,20H,1-4H3. The molecule has 104 valence electrons. The molecule has 0 saturated carbocycles. The van der Waals surface area contributed by atoms with Gasteiger partial charge in [-0.05, 0) is 13.0 Å². The van der Waals surface area contributed by atoms with Crippen LogP contribution in [0.5, 0.6) is 0 Å². The van der Waals surface area contributed by atoms with Crippen LogP contribution in [0.1, 0.15) is 25.2 Å². The molecule has 0 amide bonds. The van der Waals surface area contributed by atoms with Gasteiger partial charge in [0.1, 0.15) is 12.1 Å². The number of fused-ring (bicyclic) bond motifs is 1. The highest BCUT2D eigenvalue weighted by Crippen LogP contribution is 2.43. The monoisotopic (exact) mass is 270 g/mol. The second kappa shape index (κ2) is 4.24. The quantitative estimate of drug-likeness (QED) is 0.857. The van der Waals surface area contributed by atoms with E-state index >= 15 is 0 Å². The summed E-state index contributed by atoms with van der Waals surface area (Å²) in [7, 11) is 1.90. The molecule has 5 nitrogen and oxygen atoms in total. The van der Waals surface area contributed by atoms with Crippen LogP contribution in [0.3, 0.4) is 0 Å². The second-order valence-corrected chi connectivity index (χ2v) is 5.81. The SMILES string of the molecule is Cc1ncc(-c2cc3c(cn2)C(C)(C)C(O)N3C)cn1. The number of hydrogen-bond donors (Lipinski definition) is 1. The molecule has 2 aromatic heterocycles. The fourth-order valence-electron chi connectivity index (χ4n) is 2.67. The number of aliphatic hydroxyl groups excluding tert-OH is 1. The maximum atomic E-state index is 10.3. The van der Waals surface area contributed by atoms with Crippen LogP contribution < -0.4 is 4.90 Å². The predicted molar refractivity (Wildman–Crippen MR) is 77.4 cm³/mol. The van der Waals surface area contributed by atoms with E-state index in [2.05, 4.69) is 15.0 Å². The maximum absolute atomic E-state index is 10.3. The summed E-state index contributed by atoms with van der Waals surface area (Å²) in [5, 5.41) is 10.3. The van der Waals surface area contributed by atoms with E-state index in [0.29, 0.717) is 0 Å². The Balaban J connectivity index is 2.09. The molecule has 3 rings (SSSR count). The number of aromatic nitrogens is 3. The molecule has 0 aliphatic carbocycles. The Morgan fingerprint density at radius 2 is 1.80 bits per heavy atom. The molecule has 1 N–H and O–H groups in total. The normalized spacial score (nSPS) is 20.1. The van der Waals surface area contributed by atoms with Crippen molar-refractivity contribution in [3.05, 3.63) is 36.0 Å². The molecule has 0 saturated heterocycles. The van der Waals surface area contributed by atoms with Gasteiger partial charge in [-0.3, -0.25) is 4.98 Å². The molecule has 1 aliphatic heterocycles. The van der Waals surface area contributed by atoms with Gasteiger partial charge >= 0.3 is 0 Å². The number of hydrogen-bond acceptors (Lipinski definition) is 5. The van der Waals surface area contributed by atoms with Gasteiger partial charge in [0, 0.05) is 47.9 Å². The minimum Gasteiger partial charge on any atom is -0.373 e. The molecule has 20 heavy (non-hydrogen) atoms. The van der Waals surface area contributed by atoms with Crippen molar-refractivity contribution in [3.63, 3.8) is 0 Å². The summed E-state index contributed by atoms with van der Waals surface area (Å²) < 4.78 is 0. The van der Waals surface area contributed by atoms with Crippen LogP contribution in [0, 0.1) is 6.92 Å². The van der Waals surface area contributed by atoms with Crippen molar-refractivity contribution in [1.82, 2.24) is 15.0 Å². The minimum atomic E-state index is -0.538. The lowest BCUT2D eigenvalue weighted by Gasteiger charge is -2.26. The van der Waals surface area contributed by atoms with Crippen molar-refractivity contribution >= 4 is 5.69 Å². The van der Waals surface area contributed by atoms with Crippen LogP contribution in [0.2, 0.25) is 0 Å². The Hall–Kier alpha value is -2.01. The molecular weight excluding hydrogens is 252 g/mol. The average molecular weight is 270 g/mol. The zero-order valence-corrected chi connectivity index (χ0v) is 12.1. The zero-order valence-electron chi connectivity index (χ0n) is 12.1. The van der Waals surface area contributed by atoms with Crippen molar-refractivity contribution in [3.8, 4) is 11.3 Å². The molecule has 0 fully saturated rings. The second-order valence-electron chi connectivity index (χ2n) is 5.81. The number of aryl methyl sites for hydroxylation is 1. The van der Waals surface area contributed by atoms with E-state index in [1.54, 1.807) is 12.4 Å². The lowest BCUT2D eigenvalue weighted by atomic mass is 9.86. The fraction of sp³-hybridized carbons (Fsp3) is 0.400. The largest absolute Gasteiger partial charge is 0.373 e. The molecular formula is C15H18N4O. The molecule has 3 heterocycles. The fourth-order valence-corrected chi connectivity index (χ4v) is 2.67. The summed E-state index contributed by atoms with van der Waals surface area (Å²) in [5.74, 6) is 0.739. The molecule has 5 heteroatoms. The first-order valence-electron chi connectivity index (χ1n) is 6.61. The molecule has 0 spiro atoms. The van der Waals surface area contributed by atoms with Crippen molar-refractivity contribution < 1.29 is 5.11 Å². The van der Waals surface area contributed by atoms with E-state index in [4.69, 9.17) is 0 Å². The van der Waals surface area contributed by atoms with Gasteiger partial charge in [0.15, 0.2) is 0 Å². The third kappa shape index (κ3) is 1.78. The topological polar surface area (TPSA) is 62.1 Å². The van der Waals surface area contributed by atoms with E-state index < -0.39 is 6.23 Å².